The van der Waals surface area contributed by atoms with Crippen molar-refractivity contribution in [1.82, 2.24) is 5.43 Å². The molecule has 2 amide bonds. The second kappa shape index (κ2) is 11.5. The molecule has 0 bridgehead atoms. The predicted octanol–water partition coefficient (Wildman–Crippen LogP) is 3.71. The zero-order chi connectivity index (χ0) is 25.4. The van der Waals surface area contributed by atoms with E-state index in [1.54, 1.807) is 61.5 Å². The van der Waals surface area contributed by atoms with Gasteiger partial charge in [0.1, 0.15) is 17.2 Å². The van der Waals surface area contributed by atoms with Gasteiger partial charge < -0.3 is 19.5 Å². The number of amides is 2. The van der Waals surface area contributed by atoms with Crippen LogP contribution in [0.4, 0.5) is 5.69 Å². The molecule has 0 saturated carbocycles. The molecule has 3 aromatic carbocycles. The normalized spacial score (nSPS) is 10.8. The van der Waals surface area contributed by atoms with E-state index in [0.29, 0.717) is 39.8 Å². The Balaban J connectivity index is 1.58. The first kappa shape index (κ1) is 25.0. The van der Waals surface area contributed by atoms with E-state index >= 15 is 0 Å². The summed E-state index contributed by atoms with van der Waals surface area (Å²) in [5.74, 6) is -1.08. The van der Waals surface area contributed by atoms with E-state index in [1.807, 2.05) is 19.1 Å². The van der Waals surface area contributed by atoms with Gasteiger partial charge in [-0.15, -0.1) is 0 Å². The largest absolute Gasteiger partial charge is 0.497 e. The zero-order valence-electron chi connectivity index (χ0n) is 19.7. The van der Waals surface area contributed by atoms with Crippen LogP contribution in [0, 0.1) is 6.92 Å². The fraction of sp³-hybridized carbons (Fsp3) is 0.154. The van der Waals surface area contributed by atoms with E-state index in [-0.39, 0.29) is 0 Å². The molecule has 0 heterocycles. The van der Waals surface area contributed by atoms with Gasteiger partial charge in [0.05, 0.1) is 31.2 Å². The first-order chi connectivity index (χ1) is 16.8. The third-order valence-electron chi connectivity index (χ3n) is 4.96. The summed E-state index contributed by atoms with van der Waals surface area (Å²) in [6.45, 7) is 3.60. The molecule has 9 heteroatoms. The smallest absolute Gasteiger partial charge is 0.343 e. The highest BCUT2D eigenvalue weighted by Gasteiger charge is 2.16. The lowest BCUT2D eigenvalue weighted by Gasteiger charge is -2.11. The lowest BCUT2D eigenvalue weighted by atomic mass is 10.1. The maximum atomic E-state index is 12.2. The molecule has 35 heavy (non-hydrogen) atoms. The molecule has 0 unspecified atom stereocenters. The van der Waals surface area contributed by atoms with E-state index in [0.717, 1.165) is 5.56 Å². The van der Waals surface area contributed by atoms with Crippen LogP contribution >= 0.6 is 0 Å². The van der Waals surface area contributed by atoms with Crippen LogP contribution in [0.3, 0.4) is 0 Å². The number of hydrogen-bond acceptors (Lipinski definition) is 7. The number of esters is 1. The molecule has 0 aliphatic carbocycles. The summed E-state index contributed by atoms with van der Waals surface area (Å²) >= 11 is 0. The van der Waals surface area contributed by atoms with Crippen molar-refractivity contribution in [1.29, 1.82) is 0 Å². The zero-order valence-corrected chi connectivity index (χ0v) is 19.7. The van der Waals surface area contributed by atoms with E-state index in [2.05, 4.69) is 15.8 Å². The van der Waals surface area contributed by atoms with Gasteiger partial charge in [-0.25, -0.2) is 10.2 Å². The molecule has 2 N–H and O–H groups in total. The Morgan fingerprint density at radius 2 is 1.40 bits per heavy atom. The monoisotopic (exact) mass is 475 g/mol. The topological polar surface area (TPSA) is 115 Å². The SMILES string of the molecule is COc1ccc(NC(=O)C(=O)NN=C(C)c2ccc(OC(=O)c3ccc(C)cc3)cc2)c(OC)c1. The van der Waals surface area contributed by atoms with E-state index in [4.69, 9.17) is 14.2 Å². The Morgan fingerprint density at radius 3 is 2.03 bits per heavy atom. The van der Waals surface area contributed by atoms with Crippen LogP contribution in [0.5, 0.6) is 17.2 Å². The molecule has 0 fully saturated rings. The minimum Gasteiger partial charge on any atom is -0.497 e. The third-order valence-corrected chi connectivity index (χ3v) is 4.96. The molecule has 0 radical (unpaired) electrons. The quantitative estimate of drug-likeness (QED) is 0.177. The molecule has 0 aliphatic rings. The summed E-state index contributed by atoms with van der Waals surface area (Å²) < 4.78 is 15.7. The van der Waals surface area contributed by atoms with Crippen molar-refractivity contribution in [2.45, 2.75) is 13.8 Å². The third kappa shape index (κ3) is 6.67. The number of benzene rings is 3. The van der Waals surface area contributed by atoms with Crippen molar-refractivity contribution in [3.8, 4) is 17.2 Å². The molecular formula is C26H25N3O6. The highest BCUT2D eigenvalue weighted by atomic mass is 16.5. The van der Waals surface area contributed by atoms with E-state index < -0.39 is 17.8 Å². The van der Waals surface area contributed by atoms with Gasteiger partial charge in [0.2, 0.25) is 0 Å². The number of hydrogen-bond donors (Lipinski definition) is 2. The van der Waals surface area contributed by atoms with Gasteiger partial charge in [-0.3, -0.25) is 9.59 Å². The average Bonchev–Trinajstić information content (AvgIpc) is 2.87. The maximum absolute atomic E-state index is 12.2. The summed E-state index contributed by atoms with van der Waals surface area (Å²) in [4.78, 5) is 36.7. The Labute approximate surface area is 202 Å². The van der Waals surface area contributed by atoms with Crippen molar-refractivity contribution in [2.24, 2.45) is 5.10 Å². The van der Waals surface area contributed by atoms with Gasteiger partial charge in [-0.05, 0) is 67.9 Å². The van der Waals surface area contributed by atoms with Crippen LogP contribution in [0.2, 0.25) is 0 Å². The molecule has 180 valence electrons. The first-order valence-electron chi connectivity index (χ1n) is 10.6. The molecule has 3 rings (SSSR count). The van der Waals surface area contributed by atoms with Gasteiger partial charge in [0.15, 0.2) is 0 Å². The molecule has 0 aromatic heterocycles. The molecule has 3 aromatic rings. The highest BCUT2D eigenvalue weighted by molar-refractivity contribution is 6.39. The van der Waals surface area contributed by atoms with Gasteiger partial charge in [-0.1, -0.05) is 17.7 Å². The summed E-state index contributed by atoms with van der Waals surface area (Å²) in [6, 6.07) is 18.4. The second-order valence-electron chi connectivity index (χ2n) is 7.44. The predicted molar refractivity (Wildman–Crippen MR) is 131 cm³/mol. The van der Waals surface area contributed by atoms with Crippen LogP contribution in [0.1, 0.15) is 28.4 Å². The van der Waals surface area contributed by atoms with Gasteiger partial charge in [-0.2, -0.15) is 5.10 Å². The number of methoxy groups -OCH3 is 2. The number of aryl methyl sites for hydroxylation is 1. The summed E-state index contributed by atoms with van der Waals surface area (Å²) in [5.41, 5.74) is 5.14. The molecule has 0 saturated heterocycles. The van der Waals surface area contributed by atoms with Crippen LogP contribution in [-0.4, -0.2) is 37.7 Å². The summed E-state index contributed by atoms with van der Waals surface area (Å²) in [7, 11) is 2.94. The van der Waals surface area contributed by atoms with E-state index in [9.17, 15) is 14.4 Å². The number of carbonyl (C=O) groups is 3. The van der Waals surface area contributed by atoms with Crippen LogP contribution in [-0.2, 0) is 9.59 Å². The Kier molecular flexibility index (Phi) is 8.18. The first-order valence-corrected chi connectivity index (χ1v) is 10.6. The standard InChI is InChI=1S/C26H25N3O6/c1-16-5-7-19(8-6-16)26(32)35-20-11-9-18(10-12-20)17(2)28-29-25(31)24(30)27-22-14-13-21(33-3)15-23(22)34-4/h5-15H,1-4H3,(H,27,30)(H,29,31). The number of nitrogens with zero attached hydrogens (tertiary/aromatic N) is 1. The van der Waals surface area contributed by atoms with Gasteiger partial charge >= 0.3 is 17.8 Å². The minimum absolute atomic E-state index is 0.310. The van der Waals surface area contributed by atoms with Crippen LogP contribution in [0.25, 0.3) is 0 Å². The summed E-state index contributed by atoms with van der Waals surface area (Å²) in [6.07, 6.45) is 0. The lowest BCUT2D eigenvalue weighted by molar-refractivity contribution is -0.136. The number of carbonyl (C=O) groups excluding carboxylic acids is 3. The molecular weight excluding hydrogens is 450 g/mol. The second-order valence-corrected chi connectivity index (χ2v) is 7.44. The number of nitrogens with one attached hydrogen (secondary N) is 2. The summed E-state index contributed by atoms with van der Waals surface area (Å²) in [5, 5.41) is 6.44. The van der Waals surface area contributed by atoms with E-state index in [1.165, 1.54) is 14.2 Å². The Hall–Kier alpha value is -4.66. The Bertz CT molecular complexity index is 1250. The fourth-order valence-electron chi connectivity index (χ4n) is 2.95. The molecule has 0 aliphatic heterocycles. The highest BCUT2D eigenvalue weighted by Crippen LogP contribution is 2.28. The number of rotatable bonds is 7. The van der Waals surface area contributed by atoms with Crippen molar-refractivity contribution >= 4 is 29.2 Å². The minimum atomic E-state index is -0.953. The number of ether oxygens (including phenoxy) is 3. The number of hydrazone groups is 1. The van der Waals surface area contributed by atoms with Crippen molar-refractivity contribution in [3.05, 3.63) is 83.4 Å². The van der Waals surface area contributed by atoms with Crippen molar-refractivity contribution in [2.75, 3.05) is 19.5 Å². The lowest BCUT2D eigenvalue weighted by Crippen LogP contribution is -2.33. The fourth-order valence-corrected chi connectivity index (χ4v) is 2.95. The molecule has 9 nitrogen and oxygen atoms in total. The van der Waals surface area contributed by atoms with Gasteiger partial charge in [0, 0.05) is 6.07 Å². The maximum Gasteiger partial charge on any atom is 0.343 e. The molecule has 0 spiro atoms. The molecule has 0 atom stereocenters. The Morgan fingerprint density at radius 1 is 0.771 bits per heavy atom. The van der Waals surface area contributed by atoms with Crippen LogP contribution < -0.4 is 25.0 Å². The number of anilines is 1. The van der Waals surface area contributed by atoms with Crippen LogP contribution in [0.15, 0.2) is 71.8 Å². The van der Waals surface area contributed by atoms with Gasteiger partial charge in [0.25, 0.3) is 0 Å². The van der Waals surface area contributed by atoms with Crippen molar-refractivity contribution < 1.29 is 28.6 Å². The average molecular weight is 476 g/mol. The van der Waals surface area contributed by atoms with Crippen molar-refractivity contribution in [3.63, 3.8) is 0 Å².